The second kappa shape index (κ2) is 13.7. The third-order valence-corrected chi connectivity index (χ3v) is 3.89. The summed E-state index contributed by atoms with van der Waals surface area (Å²) in [5.41, 5.74) is 3.29. The van der Waals surface area contributed by atoms with Gasteiger partial charge in [0.05, 0.1) is 18.9 Å². The molecule has 2 N–H and O–H groups in total. The Labute approximate surface area is 179 Å². The summed E-state index contributed by atoms with van der Waals surface area (Å²) in [6, 6.07) is 4.13. The van der Waals surface area contributed by atoms with Gasteiger partial charge in [0.2, 0.25) is 0 Å². The van der Waals surface area contributed by atoms with E-state index in [9.17, 15) is 0 Å². The quantitative estimate of drug-likeness (QED) is 0.220. The number of pyridine rings is 1. The van der Waals surface area contributed by atoms with Crippen molar-refractivity contribution in [3.05, 3.63) is 35.8 Å². The number of aliphatic imine (C=N–C) groups is 1. The number of guanidine groups is 1. The fourth-order valence-electron chi connectivity index (χ4n) is 2.58. The van der Waals surface area contributed by atoms with Crippen molar-refractivity contribution in [3.63, 3.8) is 0 Å². The molecule has 8 heteroatoms. The Bertz CT molecular complexity index is 690. The molecule has 2 rings (SSSR count). The second-order valence-electron chi connectivity index (χ2n) is 6.05. The van der Waals surface area contributed by atoms with Gasteiger partial charge in [0.1, 0.15) is 5.65 Å². The third-order valence-electron chi connectivity index (χ3n) is 3.89. The first-order valence-corrected chi connectivity index (χ1v) is 9.26. The summed E-state index contributed by atoms with van der Waals surface area (Å²) in [7, 11) is 1.68. The molecule has 0 saturated carbocycles. The van der Waals surface area contributed by atoms with E-state index in [1.165, 1.54) is 5.56 Å². The van der Waals surface area contributed by atoms with Crippen LogP contribution in [0.4, 0.5) is 0 Å². The lowest BCUT2D eigenvalue weighted by molar-refractivity contribution is 0.0702. The molecule has 27 heavy (non-hydrogen) atoms. The van der Waals surface area contributed by atoms with Crippen LogP contribution in [-0.2, 0) is 15.9 Å². The normalized spacial score (nSPS) is 11.4. The maximum absolute atomic E-state index is 5.45. The summed E-state index contributed by atoms with van der Waals surface area (Å²) >= 11 is 0. The van der Waals surface area contributed by atoms with Crippen molar-refractivity contribution in [2.45, 2.75) is 26.7 Å². The van der Waals surface area contributed by atoms with Crippen LogP contribution in [0.15, 0.2) is 29.5 Å². The molecule has 0 spiro atoms. The van der Waals surface area contributed by atoms with E-state index in [1.54, 1.807) is 7.11 Å². The molecule has 0 aliphatic heterocycles. The summed E-state index contributed by atoms with van der Waals surface area (Å²) in [4.78, 5) is 9.28. The number of halogens is 1. The standard InChI is InChI=1S/C19H31N5O2.HI/c1-4-20-19(21-9-6-12-26-14-13-25-3)22-10-8-17-15-24-11-5-7-16(2)18(24)23-17;/h5,7,11,15H,4,6,8-10,12-14H2,1-3H3,(H2,20,21,22);1H. The number of hydrogen-bond donors (Lipinski definition) is 2. The third kappa shape index (κ3) is 8.44. The van der Waals surface area contributed by atoms with Crippen LogP contribution in [0.25, 0.3) is 5.65 Å². The Morgan fingerprint density at radius 3 is 2.85 bits per heavy atom. The Morgan fingerprint density at radius 2 is 2.11 bits per heavy atom. The number of rotatable bonds is 11. The molecule has 0 unspecified atom stereocenters. The van der Waals surface area contributed by atoms with Crippen LogP contribution in [0.1, 0.15) is 24.6 Å². The van der Waals surface area contributed by atoms with Gasteiger partial charge in [-0.3, -0.25) is 4.99 Å². The first kappa shape index (κ1) is 23.6. The van der Waals surface area contributed by atoms with Gasteiger partial charge in [-0.05, 0) is 31.9 Å². The van der Waals surface area contributed by atoms with Crippen molar-refractivity contribution in [2.24, 2.45) is 4.99 Å². The number of methoxy groups -OCH3 is 1. The second-order valence-corrected chi connectivity index (χ2v) is 6.05. The number of nitrogens with one attached hydrogen (secondary N) is 2. The molecular formula is C19H32IN5O2. The van der Waals surface area contributed by atoms with E-state index >= 15 is 0 Å². The molecule has 0 amide bonds. The largest absolute Gasteiger partial charge is 0.382 e. The Kier molecular flexibility index (Phi) is 12.0. The number of nitrogens with zero attached hydrogens (tertiary/aromatic N) is 3. The van der Waals surface area contributed by atoms with Gasteiger partial charge in [0.15, 0.2) is 5.96 Å². The highest BCUT2D eigenvalue weighted by Crippen LogP contribution is 2.09. The zero-order valence-electron chi connectivity index (χ0n) is 16.5. The first-order valence-electron chi connectivity index (χ1n) is 9.26. The summed E-state index contributed by atoms with van der Waals surface area (Å²) in [5, 5.41) is 6.64. The average Bonchev–Trinajstić information content (AvgIpc) is 3.05. The fraction of sp³-hybridized carbons (Fsp3) is 0.579. The lowest BCUT2D eigenvalue weighted by Crippen LogP contribution is -2.38. The molecule has 152 valence electrons. The number of aryl methyl sites for hydroxylation is 1. The van der Waals surface area contributed by atoms with Crippen LogP contribution in [0, 0.1) is 6.92 Å². The SMILES string of the molecule is CCNC(=NCCCOCCOC)NCCc1cn2cccc(C)c2n1.I. The number of imidazole rings is 1. The maximum atomic E-state index is 5.45. The number of fused-ring (bicyclic) bond motifs is 1. The lowest BCUT2D eigenvalue weighted by Gasteiger charge is -2.10. The van der Waals surface area contributed by atoms with Gasteiger partial charge in [-0.25, -0.2) is 4.98 Å². The zero-order valence-corrected chi connectivity index (χ0v) is 18.9. The Morgan fingerprint density at radius 1 is 1.26 bits per heavy atom. The molecule has 0 aliphatic carbocycles. The van der Waals surface area contributed by atoms with Crippen LogP contribution in [-0.4, -0.2) is 61.9 Å². The highest BCUT2D eigenvalue weighted by Gasteiger charge is 2.04. The van der Waals surface area contributed by atoms with Gasteiger partial charge in [0.25, 0.3) is 0 Å². The molecular weight excluding hydrogens is 457 g/mol. The highest BCUT2D eigenvalue weighted by atomic mass is 127. The molecule has 0 fully saturated rings. The molecule has 0 saturated heterocycles. The predicted octanol–water partition coefficient (Wildman–Crippen LogP) is 2.41. The van der Waals surface area contributed by atoms with Crippen LogP contribution < -0.4 is 10.6 Å². The van der Waals surface area contributed by atoms with Gasteiger partial charge >= 0.3 is 0 Å². The molecule has 2 aromatic heterocycles. The van der Waals surface area contributed by atoms with E-state index < -0.39 is 0 Å². The molecule has 0 atom stereocenters. The summed E-state index contributed by atoms with van der Waals surface area (Å²) < 4.78 is 12.5. The number of hydrogen-bond acceptors (Lipinski definition) is 4. The number of ether oxygens (including phenoxy) is 2. The summed E-state index contributed by atoms with van der Waals surface area (Å²) in [5.74, 6) is 0.837. The monoisotopic (exact) mass is 489 g/mol. The Balaban J connectivity index is 0.00000364. The van der Waals surface area contributed by atoms with Crippen molar-refractivity contribution in [2.75, 3.05) is 46.6 Å². The van der Waals surface area contributed by atoms with E-state index in [0.29, 0.717) is 19.8 Å². The van der Waals surface area contributed by atoms with E-state index in [1.807, 2.05) is 12.3 Å². The van der Waals surface area contributed by atoms with Crippen molar-refractivity contribution in [1.82, 2.24) is 20.0 Å². The lowest BCUT2D eigenvalue weighted by atomic mass is 10.3. The first-order chi connectivity index (χ1) is 12.7. The van der Waals surface area contributed by atoms with Crippen LogP contribution in [0.3, 0.4) is 0 Å². The van der Waals surface area contributed by atoms with Gasteiger partial charge in [-0.2, -0.15) is 0 Å². The fourth-order valence-corrected chi connectivity index (χ4v) is 2.58. The minimum Gasteiger partial charge on any atom is -0.382 e. The van der Waals surface area contributed by atoms with E-state index in [-0.39, 0.29) is 24.0 Å². The molecule has 0 bridgehead atoms. The van der Waals surface area contributed by atoms with Gasteiger partial charge in [-0.15, -0.1) is 24.0 Å². The van der Waals surface area contributed by atoms with Gasteiger partial charge in [0, 0.05) is 52.2 Å². The summed E-state index contributed by atoms with van der Waals surface area (Å²) in [6.45, 7) is 8.48. The van der Waals surface area contributed by atoms with E-state index in [2.05, 4.69) is 46.1 Å². The minimum absolute atomic E-state index is 0. The Hall–Kier alpha value is -1.39. The molecule has 0 aliphatic rings. The van der Waals surface area contributed by atoms with Gasteiger partial charge < -0.3 is 24.5 Å². The molecule has 0 radical (unpaired) electrons. The summed E-state index contributed by atoms with van der Waals surface area (Å²) in [6.07, 6.45) is 5.87. The maximum Gasteiger partial charge on any atom is 0.191 e. The minimum atomic E-state index is 0. The smallest absolute Gasteiger partial charge is 0.191 e. The van der Waals surface area contributed by atoms with Crippen molar-refractivity contribution in [3.8, 4) is 0 Å². The van der Waals surface area contributed by atoms with Crippen LogP contribution in [0.5, 0.6) is 0 Å². The van der Waals surface area contributed by atoms with Crippen molar-refractivity contribution < 1.29 is 9.47 Å². The average molecular weight is 489 g/mol. The number of aromatic nitrogens is 2. The van der Waals surface area contributed by atoms with Crippen molar-refractivity contribution >= 4 is 35.6 Å². The molecule has 7 nitrogen and oxygen atoms in total. The zero-order chi connectivity index (χ0) is 18.6. The molecule has 2 aromatic rings. The molecule has 0 aromatic carbocycles. The van der Waals surface area contributed by atoms with Gasteiger partial charge in [-0.1, -0.05) is 6.07 Å². The van der Waals surface area contributed by atoms with Crippen molar-refractivity contribution in [1.29, 1.82) is 0 Å². The van der Waals surface area contributed by atoms with Crippen LogP contribution in [0.2, 0.25) is 0 Å². The predicted molar refractivity (Wildman–Crippen MR) is 120 cm³/mol. The molecule has 2 heterocycles. The highest BCUT2D eigenvalue weighted by molar-refractivity contribution is 14.0. The topological polar surface area (TPSA) is 72.2 Å². The van der Waals surface area contributed by atoms with E-state index in [4.69, 9.17) is 14.5 Å². The van der Waals surface area contributed by atoms with Crippen LogP contribution >= 0.6 is 24.0 Å². The van der Waals surface area contributed by atoms with E-state index in [0.717, 1.165) is 49.8 Å².